The summed E-state index contributed by atoms with van der Waals surface area (Å²) in [6.45, 7) is 8.54. The molecule has 0 bridgehead atoms. The van der Waals surface area contributed by atoms with Crippen molar-refractivity contribution in [2.75, 3.05) is 57.8 Å². The summed E-state index contributed by atoms with van der Waals surface area (Å²) in [5.74, 6) is 1.27. The fraction of sp³-hybridized carbons (Fsp3) is 0.459. The number of hydrogen-bond donors (Lipinski definition) is 0. The molecule has 2 aliphatic rings. The Morgan fingerprint density at radius 3 is 2.18 bits per heavy atom. The SMILES string of the molecule is Cc1cccc2c1N(C(=O)COc1ccccc1)CCCN(Cc1ccccc1)CCCN(C(=O)CC1CCN(C)CC1)C2. The monoisotopic (exact) mass is 596 g/mol. The maximum Gasteiger partial charge on any atom is 0.264 e. The van der Waals surface area contributed by atoms with Crippen molar-refractivity contribution in [3.63, 3.8) is 0 Å². The lowest BCUT2D eigenvalue weighted by molar-refractivity contribution is -0.133. The highest BCUT2D eigenvalue weighted by Crippen LogP contribution is 2.29. The van der Waals surface area contributed by atoms with Crippen LogP contribution in [0.15, 0.2) is 78.9 Å². The fourth-order valence-electron chi connectivity index (χ4n) is 6.52. The molecule has 0 aliphatic carbocycles. The second kappa shape index (κ2) is 15.9. The number of para-hydroxylation sites is 2. The molecule has 44 heavy (non-hydrogen) atoms. The highest BCUT2D eigenvalue weighted by Gasteiger charge is 2.27. The lowest BCUT2D eigenvalue weighted by Crippen LogP contribution is -2.41. The predicted octanol–water partition coefficient (Wildman–Crippen LogP) is 5.76. The van der Waals surface area contributed by atoms with E-state index in [0.717, 1.165) is 75.2 Å². The summed E-state index contributed by atoms with van der Waals surface area (Å²) in [4.78, 5) is 36.6. The Labute approximate surface area is 263 Å². The van der Waals surface area contributed by atoms with E-state index in [-0.39, 0.29) is 18.4 Å². The zero-order valence-corrected chi connectivity index (χ0v) is 26.5. The van der Waals surface area contributed by atoms with Gasteiger partial charge in [-0.2, -0.15) is 0 Å². The first-order valence-corrected chi connectivity index (χ1v) is 16.3. The van der Waals surface area contributed by atoms with E-state index in [0.29, 0.717) is 37.7 Å². The highest BCUT2D eigenvalue weighted by atomic mass is 16.5. The largest absolute Gasteiger partial charge is 0.484 e. The first-order valence-electron chi connectivity index (χ1n) is 16.3. The Morgan fingerprint density at radius 2 is 1.45 bits per heavy atom. The molecule has 0 spiro atoms. The van der Waals surface area contributed by atoms with Gasteiger partial charge in [0.2, 0.25) is 5.91 Å². The van der Waals surface area contributed by atoms with Gasteiger partial charge >= 0.3 is 0 Å². The Bertz CT molecular complexity index is 1340. The molecule has 7 heteroatoms. The number of nitrogens with zero attached hydrogens (tertiary/aromatic N) is 4. The fourth-order valence-corrected chi connectivity index (χ4v) is 6.52. The van der Waals surface area contributed by atoms with E-state index in [1.54, 1.807) is 0 Å². The third kappa shape index (κ3) is 8.93. The Hall–Kier alpha value is -3.68. The van der Waals surface area contributed by atoms with Crippen LogP contribution >= 0.6 is 0 Å². The highest BCUT2D eigenvalue weighted by molar-refractivity contribution is 5.96. The van der Waals surface area contributed by atoms with Crippen LogP contribution in [0.4, 0.5) is 5.69 Å². The molecule has 234 valence electrons. The number of aryl methyl sites for hydroxylation is 1. The van der Waals surface area contributed by atoms with Crippen molar-refractivity contribution in [1.82, 2.24) is 14.7 Å². The first kappa shape index (κ1) is 31.7. The van der Waals surface area contributed by atoms with Crippen LogP contribution in [0.3, 0.4) is 0 Å². The van der Waals surface area contributed by atoms with Gasteiger partial charge in [-0.1, -0.05) is 66.7 Å². The van der Waals surface area contributed by atoms with Gasteiger partial charge in [0.05, 0.1) is 5.69 Å². The van der Waals surface area contributed by atoms with Crippen molar-refractivity contribution in [2.45, 2.75) is 52.1 Å². The van der Waals surface area contributed by atoms with Crippen molar-refractivity contribution >= 4 is 17.5 Å². The molecule has 0 aromatic heterocycles. The van der Waals surface area contributed by atoms with Crippen LogP contribution < -0.4 is 9.64 Å². The lowest BCUT2D eigenvalue weighted by atomic mass is 9.93. The number of rotatable bonds is 7. The van der Waals surface area contributed by atoms with Crippen molar-refractivity contribution in [3.05, 3.63) is 95.6 Å². The predicted molar refractivity (Wildman–Crippen MR) is 177 cm³/mol. The lowest BCUT2D eigenvalue weighted by Gasteiger charge is -2.34. The van der Waals surface area contributed by atoms with Gasteiger partial charge in [0.1, 0.15) is 5.75 Å². The number of fused-ring (bicyclic) bond motifs is 1. The molecule has 2 aliphatic heterocycles. The summed E-state index contributed by atoms with van der Waals surface area (Å²) < 4.78 is 5.93. The normalized spacial score (nSPS) is 17.8. The van der Waals surface area contributed by atoms with E-state index < -0.39 is 0 Å². The average Bonchev–Trinajstić information content (AvgIpc) is 3.03. The molecule has 5 rings (SSSR count). The molecule has 2 amide bonds. The van der Waals surface area contributed by atoms with Crippen LogP contribution in [0.5, 0.6) is 5.75 Å². The van der Waals surface area contributed by atoms with Crippen LogP contribution in [0.2, 0.25) is 0 Å². The van der Waals surface area contributed by atoms with E-state index in [9.17, 15) is 9.59 Å². The number of hydrogen-bond acceptors (Lipinski definition) is 5. The molecule has 0 atom stereocenters. The smallest absolute Gasteiger partial charge is 0.264 e. The van der Waals surface area contributed by atoms with Gasteiger partial charge in [-0.3, -0.25) is 14.5 Å². The van der Waals surface area contributed by atoms with E-state index in [2.05, 4.69) is 71.1 Å². The number of carbonyl (C=O) groups is 2. The minimum Gasteiger partial charge on any atom is -0.484 e. The molecule has 3 aromatic carbocycles. The standard InChI is InChI=1S/C37H48N4O3/c1-30-12-9-15-33-28-40(35(42)26-31-18-24-38(2)25-19-31)22-10-20-39(27-32-13-5-3-6-14-32)21-11-23-41(37(30)33)36(43)29-44-34-16-7-4-8-17-34/h3-9,12-17,31H,10-11,18-29H2,1-2H3. The van der Waals surface area contributed by atoms with E-state index in [4.69, 9.17) is 4.74 Å². The van der Waals surface area contributed by atoms with E-state index >= 15 is 0 Å². The van der Waals surface area contributed by atoms with Gasteiger partial charge in [-0.15, -0.1) is 0 Å². The minimum absolute atomic E-state index is 0.0374. The number of anilines is 1. The second-order valence-corrected chi connectivity index (χ2v) is 12.5. The van der Waals surface area contributed by atoms with E-state index in [1.807, 2.05) is 41.3 Å². The first-order chi connectivity index (χ1) is 21.5. The molecule has 1 fully saturated rings. The van der Waals surface area contributed by atoms with Gasteiger partial charge in [-0.25, -0.2) is 0 Å². The molecule has 0 saturated carbocycles. The van der Waals surface area contributed by atoms with Gasteiger partial charge in [0.15, 0.2) is 6.61 Å². The van der Waals surface area contributed by atoms with Gasteiger partial charge in [0, 0.05) is 45.7 Å². The van der Waals surface area contributed by atoms with Crippen LogP contribution in [0, 0.1) is 12.8 Å². The van der Waals surface area contributed by atoms with Gasteiger partial charge in [-0.05, 0) is 87.5 Å². The van der Waals surface area contributed by atoms with Crippen molar-refractivity contribution in [3.8, 4) is 5.75 Å². The maximum absolute atomic E-state index is 13.9. The third-order valence-electron chi connectivity index (χ3n) is 9.02. The molecule has 2 heterocycles. The summed E-state index contributed by atoms with van der Waals surface area (Å²) in [6, 6.07) is 26.3. The molecule has 3 aromatic rings. The number of piperidine rings is 1. The van der Waals surface area contributed by atoms with Crippen molar-refractivity contribution < 1.29 is 14.3 Å². The summed E-state index contributed by atoms with van der Waals surface area (Å²) >= 11 is 0. The molecule has 0 radical (unpaired) electrons. The Kier molecular flexibility index (Phi) is 11.4. The number of carbonyl (C=O) groups excluding carboxylic acids is 2. The van der Waals surface area contributed by atoms with Gasteiger partial charge in [0.25, 0.3) is 5.91 Å². The average molecular weight is 597 g/mol. The van der Waals surface area contributed by atoms with Crippen LogP contribution in [0.1, 0.15) is 48.8 Å². The molecular weight excluding hydrogens is 548 g/mol. The minimum atomic E-state index is -0.0692. The summed E-state index contributed by atoms with van der Waals surface area (Å²) in [5, 5.41) is 0. The topological polar surface area (TPSA) is 56.3 Å². The number of benzene rings is 3. The molecule has 1 saturated heterocycles. The Balaban J connectivity index is 1.40. The van der Waals surface area contributed by atoms with E-state index in [1.165, 1.54) is 5.56 Å². The van der Waals surface area contributed by atoms with Crippen molar-refractivity contribution in [1.29, 1.82) is 0 Å². The second-order valence-electron chi connectivity index (χ2n) is 12.5. The summed E-state index contributed by atoms with van der Waals surface area (Å²) in [7, 11) is 2.16. The van der Waals surface area contributed by atoms with Gasteiger partial charge < -0.3 is 19.4 Å². The Morgan fingerprint density at radius 1 is 0.773 bits per heavy atom. The summed E-state index contributed by atoms with van der Waals surface area (Å²) in [6.07, 6.45) is 4.49. The van der Waals surface area contributed by atoms with Crippen LogP contribution in [-0.2, 0) is 22.7 Å². The number of likely N-dealkylation sites (tertiary alicyclic amines) is 1. The zero-order chi connectivity index (χ0) is 30.7. The summed E-state index contributed by atoms with van der Waals surface area (Å²) in [5.41, 5.74) is 4.26. The molecule has 0 N–H and O–H groups in total. The zero-order valence-electron chi connectivity index (χ0n) is 26.5. The van der Waals surface area contributed by atoms with Crippen LogP contribution in [-0.4, -0.2) is 79.4 Å². The van der Waals surface area contributed by atoms with Crippen LogP contribution in [0.25, 0.3) is 0 Å². The molecular formula is C37H48N4O3. The maximum atomic E-state index is 13.9. The number of ether oxygens (including phenoxy) is 1. The van der Waals surface area contributed by atoms with Crippen molar-refractivity contribution in [2.24, 2.45) is 5.92 Å². The quantitative estimate of drug-likeness (QED) is 0.347. The number of amides is 2. The molecule has 0 unspecified atom stereocenters. The third-order valence-corrected chi connectivity index (χ3v) is 9.02. The molecule has 7 nitrogen and oxygen atoms in total.